The lowest BCUT2D eigenvalue weighted by atomic mass is 10.0. The molecule has 0 aliphatic heterocycles. The van der Waals surface area contributed by atoms with E-state index in [-0.39, 0.29) is 6.04 Å². The number of rotatable bonds is 5. The maximum absolute atomic E-state index is 4.19. The molecule has 0 radical (unpaired) electrons. The van der Waals surface area contributed by atoms with Crippen molar-refractivity contribution in [3.63, 3.8) is 0 Å². The molecule has 0 fully saturated rings. The maximum Gasteiger partial charge on any atom is 0.0946 e. The maximum atomic E-state index is 4.19. The molecular weight excluding hydrogens is 222 g/mol. The summed E-state index contributed by atoms with van der Waals surface area (Å²) in [6.45, 7) is 2.21. The lowest BCUT2D eigenvalue weighted by Crippen LogP contribution is -2.20. The summed E-state index contributed by atoms with van der Waals surface area (Å²) in [6, 6.07) is 9.06. The van der Waals surface area contributed by atoms with E-state index in [1.807, 2.05) is 26.6 Å². The lowest BCUT2D eigenvalue weighted by Gasteiger charge is -2.17. The van der Waals surface area contributed by atoms with Crippen molar-refractivity contribution in [2.45, 2.75) is 25.8 Å². The standard InChI is InChI=1S/C15H21N3/c1-4-5-12-6-8-13(9-7-12)15(16-2)14-10-17-11-18(14)3/h6-11,15-16H,4-5H2,1-3H3. The van der Waals surface area contributed by atoms with Gasteiger partial charge in [0.25, 0.3) is 0 Å². The fourth-order valence-corrected chi connectivity index (χ4v) is 2.30. The Morgan fingerprint density at radius 1 is 1.28 bits per heavy atom. The summed E-state index contributed by atoms with van der Waals surface area (Å²) >= 11 is 0. The van der Waals surface area contributed by atoms with E-state index in [4.69, 9.17) is 0 Å². The first-order valence-electron chi connectivity index (χ1n) is 6.48. The number of nitrogens with zero attached hydrogens (tertiary/aromatic N) is 2. The van der Waals surface area contributed by atoms with Crippen LogP contribution in [0.2, 0.25) is 0 Å². The van der Waals surface area contributed by atoms with E-state index in [1.165, 1.54) is 23.2 Å². The van der Waals surface area contributed by atoms with E-state index in [2.05, 4.69) is 46.1 Å². The van der Waals surface area contributed by atoms with Crippen LogP contribution in [0.25, 0.3) is 0 Å². The van der Waals surface area contributed by atoms with E-state index in [1.54, 1.807) is 0 Å². The molecule has 1 aromatic carbocycles. The zero-order valence-electron chi connectivity index (χ0n) is 11.4. The van der Waals surface area contributed by atoms with Crippen LogP contribution in [-0.2, 0) is 13.5 Å². The van der Waals surface area contributed by atoms with Crippen molar-refractivity contribution in [2.75, 3.05) is 7.05 Å². The predicted octanol–water partition coefficient (Wildman–Crippen LogP) is 2.68. The van der Waals surface area contributed by atoms with Crippen molar-refractivity contribution in [3.05, 3.63) is 53.6 Å². The Balaban J connectivity index is 2.25. The first kappa shape index (κ1) is 12.8. The molecule has 3 nitrogen and oxygen atoms in total. The average Bonchev–Trinajstić information content (AvgIpc) is 2.79. The summed E-state index contributed by atoms with van der Waals surface area (Å²) < 4.78 is 2.06. The summed E-state index contributed by atoms with van der Waals surface area (Å²) in [7, 11) is 4.01. The molecule has 2 rings (SSSR count). The Morgan fingerprint density at radius 3 is 2.50 bits per heavy atom. The number of aromatic nitrogens is 2. The molecule has 1 atom stereocenters. The van der Waals surface area contributed by atoms with Gasteiger partial charge in [0.15, 0.2) is 0 Å². The Morgan fingerprint density at radius 2 is 2.00 bits per heavy atom. The Bertz CT molecular complexity index is 485. The monoisotopic (exact) mass is 243 g/mol. The van der Waals surface area contributed by atoms with Crippen LogP contribution in [0.1, 0.15) is 36.2 Å². The average molecular weight is 243 g/mol. The third-order valence-electron chi connectivity index (χ3n) is 3.29. The normalized spacial score (nSPS) is 12.6. The van der Waals surface area contributed by atoms with Gasteiger partial charge in [-0.3, -0.25) is 0 Å². The van der Waals surface area contributed by atoms with Crippen molar-refractivity contribution < 1.29 is 0 Å². The number of benzene rings is 1. The molecular formula is C15H21N3. The van der Waals surface area contributed by atoms with Gasteiger partial charge >= 0.3 is 0 Å². The summed E-state index contributed by atoms with van der Waals surface area (Å²) in [6.07, 6.45) is 6.10. The zero-order valence-corrected chi connectivity index (χ0v) is 11.4. The van der Waals surface area contributed by atoms with Gasteiger partial charge in [-0.2, -0.15) is 0 Å². The first-order valence-corrected chi connectivity index (χ1v) is 6.48. The summed E-state index contributed by atoms with van der Waals surface area (Å²) in [4.78, 5) is 4.19. The molecule has 1 unspecified atom stereocenters. The summed E-state index contributed by atoms with van der Waals surface area (Å²) in [5.41, 5.74) is 3.86. The number of hydrogen-bond donors (Lipinski definition) is 1. The van der Waals surface area contributed by atoms with Crippen LogP contribution in [0, 0.1) is 0 Å². The van der Waals surface area contributed by atoms with Gasteiger partial charge in [-0.15, -0.1) is 0 Å². The van der Waals surface area contributed by atoms with Crippen LogP contribution in [0.15, 0.2) is 36.8 Å². The molecule has 0 amide bonds. The molecule has 3 heteroatoms. The third-order valence-corrected chi connectivity index (χ3v) is 3.29. The molecule has 1 N–H and O–H groups in total. The van der Waals surface area contributed by atoms with Gasteiger partial charge in [-0.25, -0.2) is 4.98 Å². The molecule has 0 bridgehead atoms. The Kier molecular flexibility index (Phi) is 4.15. The first-order chi connectivity index (χ1) is 8.76. The van der Waals surface area contributed by atoms with Crippen molar-refractivity contribution >= 4 is 0 Å². The third kappa shape index (κ3) is 2.62. The molecule has 0 aliphatic rings. The molecule has 0 saturated heterocycles. The Labute approximate surface area is 109 Å². The van der Waals surface area contributed by atoms with Gasteiger partial charge < -0.3 is 9.88 Å². The van der Waals surface area contributed by atoms with Gasteiger partial charge in [0.05, 0.1) is 24.3 Å². The largest absolute Gasteiger partial charge is 0.336 e. The highest BCUT2D eigenvalue weighted by Gasteiger charge is 2.14. The van der Waals surface area contributed by atoms with Gasteiger partial charge in [-0.1, -0.05) is 37.6 Å². The lowest BCUT2D eigenvalue weighted by molar-refractivity contribution is 0.638. The van der Waals surface area contributed by atoms with Crippen molar-refractivity contribution in [1.29, 1.82) is 0 Å². The summed E-state index contributed by atoms with van der Waals surface area (Å²) in [5, 5.41) is 3.35. The van der Waals surface area contributed by atoms with E-state index in [0.717, 1.165) is 6.42 Å². The molecule has 0 saturated carbocycles. The topological polar surface area (TPSA) is 29.9 Å². The minimum Gasteiger partial charge on any atom is -0.336 e. The molecule has 18 heavy (non-hydrogen) atoms. The summed E-state index contributed by atoms with van der Waals surface area (Å²) in [5.74, 6) is 0. The van der Waals surface area contributed by atoms with Gasteiger partial charge in [0.2, 0.25) is 0 Å². The van der Waals surface area contributed by atoms with Crippen LogP contribution in [0.5, 0.6) is 0 Å². The molecule has 1 heterocycles. The predicted molar refractivity (Wildman–Crippen MR) is 74.5 cm³/mol. The van der Waals surface area contributed by atoms with Crippen LogP contribution in [0.3, 0.4) is 0 Å². The van der Waals surface area contributed by atoms with E-state index in [0.29, 0.717) is 0 Å². The minimum absolute atomic E-state index is 0.202. The molecule has 0 spiro atoms. The van der Waals surface area contributed by atoms with Crippen LogP contribution in [-0.4, -0.2) is 16.6 Å². The van der Waals surface area contributed by atoms with Gasteiger partial charge in [0.1, 0.15) is 0 Å². The number of hydrogen-bond acceptors (Lipinski definition) is 2. The number of nitrogens with one attached hydrogen (secondary N) is 1. The highest BCUT2D eigenvalue weighted by Crippen LogP contribution is 2.21. The molecule has 96 valence electrons. The zero-order chi connectivity index (χ0) is 13.0. The van der Waals surface area contributed by atoms with Crippen LogP contribution < -0.4 is 5.32 Å². The van der Waals surface area contributed by atoms with E-state index >= 15 is 0 Å². The quantitative estimate of drug-likeness (QED) is 0.875. The highest BCUT2D eigenvalue weighted by molar-refractivity contribution is 5.30. The van der Waals surface area contributed by atoms with Crippen LogP contribution >= 0.6 is 0 Å². The molecule has 0 aliphatic carbocycles. The SMILES string of the molecule is CCCc1ccc(C(NC)c2cncn2C)cc1. The van der Waals surface area contributed by atoms with Crippen molar-refractivity contribution in [2.24, 2.45) is 7.05 Å². The molecule has 1 aromatic heterocycles. The number of aryl methyl sites for hydroxylation is 2. The fraction of sp³-hybridized carbons (Fsp3) is 0.400. The van der Waals surface area contributed by atoms with E-state index in [9.17, 15) is 0 Å². The van der Waals surface area contributed by atoms with Crippen molar-refractivity contribution in [1.82, 2.24) is 14.9 Å². The fourth-order valence-electron chi connectivity index (χ4n) is 2.30. The van der Waals surface area contributed by atoms with Crippen molar-refractivity contribution in [3.8, 4) is 0 Å². The second-order valence-electron chi connectivity index (χ2n) is 4.64. The molecule has 2 aromatic rings. The minimum atomic E-state index is 0.202. The van der Waals surface area contributed by atoms with Gasteiger partial charge in [-0.05, 0) is 24.6 Å². The Hall–Kier alpha value is -1.61. The van der Waals surface area contributed by atoms with Gasteiger partial charge in [0, 0.05) is 7.05 Å². The smallest absolute Gasteiger partial charge is 0.0946 e. The van der Waals surface area contributed by atoms with E-state index < -0.39 is 0 Å². The number of imidazole rings is 1. The second-order valence-corrected chi connectivity index (χ2v) is 4.64. The highest BCUT2D eigenvalue weighted by atomic mass is 15.1. The second kappa shape index (κ2) is 5.83. The van der Waals surface area contributed by atoms with Crippen LogP contribution in [0.4, 0.5) is 0 Å².